The molecule has 24 heavy (non-hydrogen) atoms. The van der Waals surface area contributed by atoms with Crippen LogP contribution in [-0.2, 0) is 6.42 Å². The molecule has 0 radical (unpaired) electrons. The minimum Gasteiger partial charge on any atom is -0.504 e. The van der Waals surface area contributed by atoms with E-state index in [0.29, 0.717) is 18.9 Å². The summed E-state index contributed by atoms with van der Waals surface area (Å²) in [6, 6.07) is 11.1. The van der Waals surface area contributed by atoms with E-state index in [-0.39, 0.29) is 11.7 Å². The number of ether oxygens (including phenoxy) is 3. The van der Waals surface area contributed by atoms with E-state index in [2.05, 4.69) is 0 Å². The van der Waals surface area contributed by atoms with Crippen LogP contribution in [0.1, 0.15) is 24.0 Å². The fourth-order valence-electron chi connectivity index (χ4n) is 2.72. The van der Waals surface area contributed by atoms with Gasteiger partial charge in [-0.1, -0.05) is 12.1 Å². The molecule has 0 amide bonds. The van der Waals surface area contributed by atoms with Gasteiger partial charge in [0.25, 0.3) is 0 Å². The summed E-state index contributed by atoms with van der Waals surface area (Å²) >= 11 is 0. The third kappa shape index (κ3) is 4.11. The quantitative estimate of drug-likeness (QED) is 0.777. The molecule has 2 rings (SSSR count). The van der Waals surface area contributed by atoms with Crippen molar-refractivity contribution in [3.63, 3.8) is 0 Å². The summed E-state index contributed by atoms with van der Waals surface area (Å²) in [4.78, 5) is 0. The lowest BCUT2D eigenvalue weighted by Gasteiger charge is -2.19. The third-order valence-corrected chi connectivity index (χ3v) is 3.97. The van der Waals surface area contributed by atoms with Gasteiger partial charge >= 0.3 is 0 Å². The number of hydrogen-bond acceptors (Lipinski definition) is 5. The van der Waals surface area contributed by atoms with Crippen LogP contribution in [0.4, 0.5) is 0 Å². The van der Waals surface area contributed by atoms with Crippen LogP contribution in [0.25, 0.3) is 0 Å². The summed E-state index contributed by atoms with van der Waals surface area (Å²) < 4.78 is 16.2. The first-order valence-electron chi connectivity index (χ1n) is 7.99. The Labute approximate surface area is 143 Å². The molecule has 0 aliphatic rings. The molecule has 0 heterocycles. The van der Waals surface area contributed by atoms with Crippen LogP contribution in [-0.4, -0.2) is 32.5 Å². The number of methoxy groups -OCH3 is 2. The van der Waals surface area contributed by atoms with Crippen LogP contribution in [0.15, 0.2) is 36.4 Å². The van der Waals surface area contributed by atoms with Crippen LogP contribution in [0.3, 0.4) is 0 Å². The number of rotatable bonds is 8. The lowest BCUT2D eigenvalue weighted by Crippen LogP contribution is -2.16. The summed E-state index contributed by atoms with van der Waals surface area (Å²) in [5, 5.41) is 9.83. The standard InChI is InChI=1S/C19H25NO4/c1-4-24-19-10-13(5-8-17(19)21)9-14(12-20)16-7-6-15(22-2)11-18(16)23-3/h5-8,10-11,14,21H,4,9,12,20H2,1-3H3. The Kier molecular flexibility index (Phi) is 6.32. The van der Waals surface area contributed by atoms with Gasteiger partial charge in [-0.05, 0) is 49.2 Å². The molecule has 0 aliphatic heterocycles. The van der Waals surface area contributed by atoms with Crippen LogP contribution < -0.4 is 19.9 Å². The molecule has 130 valence electrons. The summed E-state index contributed by atoms with van der Waals surface area (Å²) in [6.45, 7) is 2.87. The highest BCUT2D eigenvalue weighted by Crippen LogP contribution is 2.34. The van der Waals surface area contributed by atoms with Gasteiger partial charge in [0, 0.05) is 12.0 Å². The molecular formula is C19H25NO4. The predicted octanol–water partition coefficient (Wildman–Crippen LogP) is 3.09. The van der Waals surface area contributed by atoms with E-state index in [4.69, 9.17) is 19.9 Å². The Hall–Kier alpha value is -2.40. The minimum absolute atomic E-state index is 0.0878. The van der Waals surface area contributed by atoms with Gasteiger partial charge in [-0.15, -0.1) is 0 Å². The first-order chi connectivity index (χ1) is 11.6. The normalized spacial score (nSPS) is 11.8. The van der Waals surface area contributed by atoms with Crippen molar-refractivity contribution < 1.29 is 19.3 Å². The summed E-state index contributed by atoms with van der Waals surface area (Å²) in [7, 11) is 3.26. The van der Waals surface area contributed by atoms with Crippen LogP contribution >= 0.6 is 0 Å². The highest BCUT2D eigenvalue weighted by molar-refractivity contribution is 5.45. The molecule has 0 aliphatic carbocycles. The first-order valence-corrected chi connectivity index (χ1v) is 7.99. The first kappa shape index (κ1) is 17.9. The highest BCUT2D eigenvalue weighted by atomic mass is 16.5. The third-order valence-electron chi connectivity index (χ3n) is 3.97. The van der Waals surface area contributed by atoms with E-state index in [1.165, 1.54) is 0 Å². The maximum atomic E-state index is 9.83. The molecule has 5 heteroatoms. The van der Waals surface area contributed by atoms with Crippen molar-refractivity contribution in [2.45, 2.75) is 19.3 Å². The average Bonchev–Trinajstić information content (AvgIpc) is 2.62. The fraction of sp³-hybridized carbons (Fsp3) is 0.368. The lowest BCUT2D eigenvalue weighted by molar-refractivity contribution is 0.317. The zero-order valence-corrected chi connectivity index (χ0v) is 14.4. The van der Waals surface area contributed by atoms with E-state index in [0.717, 1.165) is 29.0 Å². The van der Waals surface area contributed by atoms with Gasteiger partial charge in [0.1, 0.15) is 11.5 Å². The molecule has 0 saturated carbocycles. The van der Waals surface area contributed by atoms with E-state index < -0.39 is 0 Å². The topological polar surface area (TPSA) is 73.9 Å². The zero-order chi connectivity index (χ0) is 17.5. The van der Waals surface area contributed by atoms with Gasteiger partial charge in [0.05, 0.1) is 20.8 Å². The lowest BCUT2D eigenvalue weighted by atomic mass is 9.91. The Balaban J connectivity index is 2.28. The van der Waals surface area contributed by atoms with Crippen LogP contribution in [0, 0.1) is 0 Å². The number of phenolic OH excluding ortho intramolecular Hbond substituents is 1. The Morgan fingerprint density at radius 2 is 1.83 bits per heavy atom. The number of phenols is 1. The summed E-state index contributed by atoms with van der Waals surface area (Å²) in [6.07, 6.45) is 0.722. The molecular weight excluding hydrogens is 306 g/mol. The minimum atomic E-state index is 0.0878. The maximum Gasteiger partial charge on any atom is 0.161 e. The molecule has 0 bridgehead atoms. The van der Waals surface area contributed by atoms with Crippen molar-refractivity contribution in [2.75, 3.05) is 27.4 Å². The highest BCUT2D eigenvalue weighted by Gasteiger charge is 2.17. The zero-order valence-electron chi connectivity index (χ0n) is 14.4. The van der Waals surface area contributed by atoms with Gasteiger partial charge in [-0.3, -0.25) is 0 Å². The van der Waals surface area contributed by atoms with Crippen molar-refractivity contribution in [3.05, 3.63) is 47.5 Å². The van der Waals surface area contributed by atoms with Crippen LogP contribution in [0.2, 0.25) is 0 Å². The van der Waals surface area contributed by atoms with Gasteiger partial charge in [0.15, 0.2) is 11.5 Å². The molecule has 2 aromatic carbocycles. The number of benzene rings is 2. The molecule has 0 aromatic heterocycles. The number of hydrogen-bond donors (Lipinski definition) is 2. The molecule has 5 nitrogen and oxygen atoms in total. The van der Waals surface area contributed by atoms with Crippen molar-refractivity contribution in [1.29, 1.82) is 0 Å². The van der Waals surface area contributed by atoms with Gasteiger partial charge < -0.3 is 25.1 Å². The summed E-state index contributed by atoms with van der Waals surface area (Å²) in [5.74, 6) is 2.23. The Bertz CT molecular complexity index is 672. The fourth-order valence-corrected chi connectivity index (χ4v) is 2.72. The second-order valence-electron chi connectivity index (χ2n) is 5.48. The Morgan fingerprint density at radius 3 is 2.46 bits per heavy atom. The van der Waals surface area contributed by atoms with Gasteiger partial charge in [-0.2, -0.15) is 0 Å². The van der Waals surface area contributed by atoms with Crippen molar-refractivity contribution in [3.8, 4) is 23.0 Å². The van der Waals surface area contributed by atoms with Crippen LogP contribution in [0.5, 0.6) is 23.0 Å². The molecule has 0 saturated heterocycles. The molecule has 1 atom stereocenters. The van der Waals surface area contributed by atoms with E-state index >= 15 is 0 Å². The SMILES string of the molecule is CCOc1cc(CC(CN)c2ccc(OC)cc2OC)ccc1O. The number of nitrogens with two attached hydrogens (primary N) is 1. The predicted molar refractivity (Wildman–Crippen MR) is 94.3 cm³/mol. The largest absolute Gasteiger partial charge is 0.504 e. The molecule has 0 spiro atoms. The monoisotopic (exact) mass is 331 g/mol. The number of aromatic hydroxyl groups is 1. The van der Waals surface area contributed by atoms with Gasteiger partial charge in [-0.25, -0.2) is 0 Å². The molecule has 3 N–H and O–H groups in total. The van der Waals surface area contributed by atoms with Crippen molar-refractivity contribution in [2.24, 2.45) is 5.73 Å². The smallest absolute Gasteiger partial charge is 0.161 e. The van der Waals surface area contributed by atoms with Gasteiger partial charge in [0.2, 0.25) is 0 Å². The maximum absolute atomic E-state index is 9.83. The summed E-state index contributed by atoms with van der Waals surface area (Å²) in [5.41, 5.74) is 8.09. The second kappa shape index (κ2) is 8.45. The van der Waals surface area contributed by atoms with E-state index in [9.17, 15) is 5.11 Å². The molecule has 0 fully saturated rings. The average molecular weight is 331 g/mol. The van der Waals surface area contributed by atoms with E-state index in [1.54, 1.807) is 20.3 Å². The second-order valence-corrected chi connectivity index (χ2v) is 5.48. The Morgan fingerprint density at radius 1 is 1.04 bits per heavy atom. The van der Waals surface area contributed by atoms with Crippen molar-refractivity contribution in [1.82, 2.24) is 0 Å². The van der Waals surface area contributed by atoms with Crippen molar-refractivity contribution >= 4 is 0 Å². The molecule has 1 unspecified atom stereocenters. The molecule has 2 aromatic rings. The van der Waals surface area contributed by atoms with E-state index in [1.807, 2.05) is 37.3 Å².